The highest BCUT2D eigenvalue weighted by Gasteiger charge is 2.16. The molecular weight excluding hydrogens is 246 g/mol. The summed E-state index contributed by atoms with van der Waals surface area (Å²) < 4.78 is 34.3. The lowest BCUT2D eigenvalue weighted by atomic mass is 10.0. The van der Waals surface area contributed by atoms with Gasteiger partial charge in [0.15, 0.2) is 0 Å². The Morgan fingerprint density at radius 2 is 2.24 bits per heavy atom. The van der Waals surface area contributed by atoms with Crippen molar-refractivity contribution in [1.29, 1.82) is 0 Å². The zero-order valence-electron chi connectivity index (χ0n) is 8.73. The Hall–Kier alpha value is -1.44. The van der Waals surface area contributed by atoms with Crippen LogP contribution in [0, 0.1) is 11.6 Å². The molecule has 0 aliphatic carbocycles. The van der Waals surface area contributed by atoms with Crippen molar-refractivity contribution in [3.05, 3.63) is 47.3 Å². The second-order valence-electron chi connectivity index (χ2n) is 3.49. The molecule has 4 nitrogen and oxygen atoms in total. The molecule has 1 aromatic carbocycles. The van der Waals surface area contributed by atoms with Crippen LogP contribution in [0.1, 0.15) is 17.3 Å². The van der Waals surface area contributed by atoms with Gasteiger partial charge in [0.25, 0.3) is 0 Å². The van der Waals surface area contributed by atoms with Gasteiger partial charge in [0.05, 0.1) is 29.7 Å². The fourth-order valence-corrected chi connectivity index (χ4v) is 1.96. The molecule has 0 aliphatic heterocycles. The van der Waals surface area contributed by atoms with Gasteiger partial charge in [-0.1, -0.05) is 0 Å². The summed E-state index contributed by atoms with van der Waals surface area (Å²) in [6, 6.07) is 2.94. The van der Waals surface area contributed by atoms with Gasteiger partial charge >= 0.3 is 0 Å². The molecule has 1 unspecified atom stereocenters. The van der Waals surface area contributed by atoms with Gasteiger partial charge in [-0.25, -0.2) is 8.78 Å². The van der Waals surface area contributed by atoms with Crippen LogP contribution in [0.4, 0.5) is 8.78 Å². The number of nitrogens with two attached hydrogens (primary N) is 1. The molecule has 0 amide bonds. The minimum atomic E-state index is -0.478. The number of hydrogen-bond acceptors (Lipinski definition) is 5. The van der Waals surface area contributed by atoms with Crippen LogP contribution in [0.2, 0.25) is 0 Å². The van der Waals surface area contributed by atoms with Gasteiger partial charge in [0.2, 0.25) is 0 Å². The molecule has 1 atom stereocenters. The molecule has 0 spiro atoms. The molecule has 0 aliphatic rings. The van der Waals surface area contributed by atoms with E-state index in [9.17, 15) is 8.78 Å². The van der Waals surface area contributed by atoms with Gasteiger partial charge < -0.3 is 0 Å². The lowest BCUT2D eigenvalue weighted by molar-refractivity contribution is 0.516. The highest BCUT2D eigenvalue weighted by atomic mass is 32.1. The molecule has 3 N–H and O–H groups in total. The van der Waals surface area contributed by atoms with Crippen molar-refractivity contribution >= 4 is 11.7 Å². The van der Waals surface area contributed by atoms with Crippen molar-refractivity contribution in [2.24, 2.45) is 5.84 Å². The van der Waals surface area contributed by atoms with Crippen LogP contribution in [0.3, 0.4) is 0 Å². The normalized spacial score (nSPS) is 12.6. The van der Waals surface area contributed by atoms with E-state index in [1.165, 1.54) is 0 Å². The lowest BCUT2D eigenvalue weighted by Gasteiger charge is -2.13. The number of halogens is 2. The van der Waals surface area contributed by atoms with E-state index in [0.717, 1.165) is 29.9 Å². The molecule has 1 heterocycles. The highest BCUT2D eigenvalue weighted by molar-refractivity contribution is 6.99. The van der Waals surface area contributed by atoms with Gasteiger partial charge in [0.1, 0.15) is 11.6 Å². The van der Waals surface area contributed by atoms with Crippen LogP contribution in [0.25, 0.3) is 0 Å². The Kier molecular flexibility index (Phi) is 3.72. The third-order valence-electron chi connectivity index (χ3n) is 2.37. The van der Waals surface area contributed by atoms with E-state index in [-0.39, 0.29) is 18.0 Å². The van der Waals surface area contributed by atoms with E-state index in [1.54, 1.807) is 6.20 Å². The van der Waals surface area contributed by atoms with Crippen molar-refractivity contribution in [3.8, 4) is 0 Å². The fraction of sp³-hybridized carbons (Fsp3) is 0.200. The first kappa shape index (κ1) is 12.0. The van der Waals surface area contributed by atoms with E-state index in [1.807, 2.05) is 0 Å². The van der Waals surface area contributed by atoms with Gasteiger partial charge in [0, 0.05) is 0 Å². The van der Waals surface area contributed by atoms with Crippen LogP contribution in [0.5, 0.6) is 0 Å². The molecule has 2 aromatic rings. The van der Waals surface area contributed by atoms with E-state index >= 15 is 0 Å². The van der Waals surface area contributed by atoms with E-state index in [2.05, 4.69) is 14.2 Å². The van der Waals surface area contributed by atoms with Crippen molar-refractivity contribution in [2.45, 2.75) is 12.5 Å². The first-order chi connectivity index (χ1) is 8.20. The maximum Gasteiger partial charge on any atom is 0.126 e. The van der Waals surface area contributed by atoms with Crippen LogP contribution in [-0.4, -0.2) is 8.75 Å². The summed E-state index contributed by atoms with van der Waals surface area (Å²) in [7, 11) is 0. The molecule has 0 saturated carbocycles. The Bertz CT molecular complexity index is 489. The van der Waals surface area contributed by atoms with Gasteiger partial charge in [-0.15, -0.1) is 0 Å². The maximum atomic E-state index is 13.4. The van der Waals surface area contributed by atoms with Crippen LogP contribution < -0.4 is 11.3 Å². The Balaban J connectivity index is 2.21. The number of hydrogen-bond donors (Lipinski definition) is 2. The minimum Gasteiger partial charge on any atom is -0.271 e. The molecular formula is C10H10F2N4S. The van der Waals surface area contributed by atoms with Crippen molar-refractivity contribution in [2.75, 3.05) is 0 Å². The predicted octanol–water partition coefficient (Wildman–Crippen LogP) is 1.56. The summed E-state index contributed by atoms with van der Waals surface area (Å²) in [5.41, 5.74) is 3.38. The monoisotopic (exact) mass is 256 g/mol. The zero-order chi connectivity index (χ0) is 12.3. The summed E-state index contributed by atoms with van der Waals surface area (Å²) >= 11 is 1.04. The average molecular weight is 256 g/mol. The second kappa shape index (κ2) is 5.26. The average Bonchev–Trinajstić information content (AvgIpc) is 2.84. The number of rotatable bonds is 4. The molecule has 0 fully saturated rings. The Morgan fingerprint density at radius 3 is 2.88 bits per heavy atom. The number of nitrogens with one attached hydrogen (secondary N) is 1. The second-order valence-corrected chi connectivity index (χ2v) is 4.05. The maximum absolute atomic E-state index is 13.4. The van der Waals surface area contributed by atoms with Crippen LogP contribution in [0.15, 0.2) is 24.4 Å². The van der Waals surface area contributed by atoms with Gasteiger partial charge in [-0.3, -0.25) is 11.3 Å². The number of nitrogens with zero attached hydrogens (tertiary/aromatic N) is 2. The molecule has 7 heteroatoms. The largest absolute Gasteiger partial charge is 0.271 e. The first-order valence-corrected chi connectivity index (χ1v) is 5.61. The summed E-state index contributed by atoms with van der Waals surface area (Å²) in [4.78, 5) is 0. The molecule has 0 bridgehead atoms. The summed E-state index contributed by atoms with van der Waals surface area (Å²) in [6.07, 6.45) is 1.76. The van der Waals surface area contributed by atoms with E-state index in [4.69, 9.17) is 5.84 Å². The number of benzene rings is 1. The topological polar surface area (TPSA) is 63.8 Å². The Morgan fingerprint density at radius 1 is 1.41 bits per heavy atom. The first-order valence-electron chi connectivity index (χ1n) is 4.88. The van der Waals surface area contributed by atoms with Crippen molar-refractivity contribution in [3.63, 3.8) is 0 Å². The van der Waals surface area contributed by atoms with Crippen molar-refractivity contribution < 1.29 is 8.78 Å². The summed E-state index contributed by atoms with van der Waals surface area (Å²) in [5.74, 6) is 4.43. The molecule has 2 rings (SSSR count). The van der Waals surface area contributed by atoms with Crippen molar-refractivity contribution in [1.82, 2.24) is 14.2 Å². The molecule has 17 heavy (non-hydrogen) atoms. The summed E-state index contributed by atoms with van der Waals surface area (Å²) in [6.45, 7) is 0. The van der Waals surface area contributed by atoms with E-state index in [0.29, 0.717) is 5.69 Å². The fourth-order valence-electron chi connectivity index (χ4n) is 1.49. The van der Waals surface area contributed by atoms with Crippen LogP contribution >= 0.6 is 11.7 Å². The smallest absolute Gasteiger partial charge is 0.126 e. The zero-order valence-corrected chi connectivity index (χ0v) is 9.55. The highest BCUT2D eigenvalue weighted by Crippen LogP contribution is 2.19. The molecule has 90 valence electrons. The lowest BCUT2D eigenvalue weighted by Crippen LogP contribution is -2.30. The molecule has 1 aromatic heterocycles. The summed E-state index contributed by atoms with van der Waals surface area (Å²) in [5, 5.41) is 0. The van der Waals surface area contributed by atoms with E-state index < -0.39 is 11.6 Å². The number of aromatic nitrogens is 2. The number of hydrazine groups is 1. The SMILES string of the molecule is NNC(Cc1cc(F)ccc1F)c1cnsn1. The molecule has 0 radical (unpaired) electrons. The minimum absolute atomic E-state index is 0.214. The Labute approximate surface area is 101 Å². The van der Waals surface area contributed by atoms with Gasteiger partial charge in [-0.2, -0.15) is 8.75 Å². The standard InChI is InChI=1S/C10H10F2N4S/c11-7-1-2-8(12)6(3-7)4-9(15-13)10-5-14-17-16-10/h1-3,5,9,15H,4,13H2. The van der Waals surface area contributed by atoms with Gasteiger partial charge in [-0.05, 0) is 30.2 Å². The third-order valence-corrected chi connectivity index (χ3v) is 2.86. The quantitative estimate of drug-likeness (QED) is 0.643. The third kappa shape index (κ3) is 2.82. The molecule has 0 saturated heterocycles. The van der Waals surface area contributed by atoms with Crippen LogP contribution in [-0.2, 0) is 6.42 Å². The predicted molar refractivity (Wildman–Crippen MR) is 60.0 cm³/mol.